The lowest BCUT2D eigenvalue weighted by molar-refractivity contribution is 1.33. The third kappa shape index (κ3) is 2.41. The molecule has 0 N–H and O–H groups in total. The first-order valence-electron chi connectivity index (χ1n) is 8.20. The molecule has 5 rings (SSSR count). The molecule has 0 unspecified atom stereocenters. The van der Waals surface area contributed by atoms with Crippen molar-refractivity contribution in [2.24, 2.45) is 0 Å². The Hall–Kier alpha value is -3.04. The lowest BCUT2D eigenvalue weighted by atomic mass is 9.97. The average molecular weight is 338 g/mol. The van der Waals surface area contributed by atoms with Gasteiger partial charge in [0.1, 0.15) is 5.01 Å². The van der Waals surface area contributed by atoms with E-state index in [1.807, 2.05) is 30.3 Å². The highest BCUT2D eigenvalue weighted by atomic mass is 32.1. The quantitative estimate of drug-likeness (QED) is 0.359. The molecule has 1 aromatic heterocycles. The third-order valence-electron chi connectivity index (χ3n) is 4.46. The molecule has 0 atom stereocenters. The van der Waals surface area contributed by atoms with Crippen molar-refractivity contribution in [2.45, 2.75) is 0 Å². The second-order valence-corrected chi connectivity index (χ2v) is 6.73. The molecular weight excluding hydrogens is 324 g/mol. The van der Waals surface area contributed by atoms with Crippen LogP contribution in [0.2, 0.25) is 0 Å². The summed E-state index contributed by atoms with van der Waals surface area (Å²) in [6.07, 6.45) is 0. The van der Waals surface area contributed by atoms with Crippen molar-refractivity contribution in [3.8, 4) is 22.0 Å². The normalized spacial score (nSPS) is 11.2. The fourth-order valence-corrected chi connectivity index (χ4v) is 3.98. The van der Waals surface area contributed by atoms with Crippen LogP contribution in [0, 0.1) is 0 Å². The number of hydrogen-bond acceptors (Lipinski definition) is 3. The van der Waals surface area contributed by atoms with Crippen molar-refractivity contribution >= 4 is 33.1 Å². The maximum atomic E-state index is 4.82. The lowest BCUT2D eigenvalue weighted by Gasteiger charge is -2.08. The van der Waals surface area contributed by atoms with E-state index >= 15 is 0 Å². The van der Waals surface area contributed by atoms with Crippen molar-refractivity contribution in [2.75, 3.05) is 0 Å². The average Bonchev–Trinajstić information content (AvgIpc) is 3.18. The largest absolute Gasteiger partial charge is 0.215 e. The number of rotatable bonds is 2. The summed E-state index contributed by atoms with van der Waals surface area (Å²) in [4.78, 5) is 4.82. The predicted molar refractivity (Wildman–Crippen MR) is 106 cm³/mol. The molecule has 0 saturated carbocycles. The molecule has 0 aliphatic heterocycles. The van der Waals surface area contributed by atoms with Crippen molar-refractivity contribution in [3.05, 3.63) is 84.9 Å². The van der Waals surface area contributed by atoms with E-state index in [0.29, 0.717) is 0 Å². The first-order chi connectivity index (χ1) is 12.4. The van der Waals surface area contributed by atoms with Crippen LogP contribution in [0.15, 0.2) is 84.9 Å². The summed E-state index contributed by atoms with van der Waals surface area (Å²) in [5, 5.41) is 5.94. The Balaban J connectivity index is 1.76. The van der Waals surface area contributed by atoms with E-state index < -0.39 is 0 Å². The van der Waals surface area contributed by atoms with Gasteiger partial charge in [0.15, 0.2) is 5.82 Å². The first kappa shape index (κ1) is 14.3. The van der Waals surface area contributed by atoms with Gasteiger partial charge in [-0.3, -0.25) is 0 Å². The van der Waals surface area contributed by atoms with Gasteiger partial charge in [-0.15, -0.1) is 0 Å². The summed E-state index contributed by atoms with van der Waals surface area (Å²) in [6.45, 7) is 0. The summed E-state index contributed by atoms with van der Waals surface area (Å²) in [5.41, 5.74) is 2.20. The SMILES string of the molecule is c1ccc(-c2nsc(-c3cc4ccccc4c4ccccc34)n2)cc1. The Kier molecular flexibility index (Phi) is 3.32. The van der Waals surface area contributed by atoms with E-state index in [1.165, 1.54) is 33.1 Å². The van der Waals surface area contributed by atoms with Gasteiger partial charge in [-0.2, -0.15) is 4.37 Å². The molecule has 0 spiro atoms. The monoisotopic (exact) mass is 338 g/mol. The van der Waals surface area contributed by atoms with Gasteiger partial charge in [0.05, 0.1) is 0 Å². The van der Waals surface area contributed by atoms with E-state index in [0.717, 1.165) is 22.0 Å². The van der Waals surface area contributed by atoms with Gasteiger partial charge in [-0.1, -0.05) is 78.9 Å². The van der Waals surface area contributed by atoms with Gasteiger partial charge in [0, 0.05) is 11.1 Å². The summed E-state index contributed by atoms with van der Waals surface area (Å²) in [6, 6.07) is 29.4. The molecule has 0 fully saturated rings. The molecule has 3 heteroatoms. The molecule has 0 aliphatic rings. The fraction of sp³-hybridized carbons (Fsp3) is 0. The Labute approximate surface area is 149 Å². The second kappa shape index (κ2) is 5.80. The van der Waals surface area contributed by atoms with E-state index in [2.05, 4.69) is 59.0 Å². The first-order valence-corrected chi connectivity index (χ1v) is 8.97. The topological polar surface area (TPSA) is 25.8 Å². The van der Waals surface area contributed by atoms with Crippen molar-refractivity contribution < 1.29 is 0 Å². The lowest BCUT2D eigenvalue weighted by Crippen LogP contribution is -1.84. The molecule has 0 amide bonds. The van der Waals surface area contributed by atoms with Crippen LogP contribution < -0.4 is 0 Å². The van der Waals surface area contributed by atoms with E-state index in [4.69, 9.17) is 4.98 Å². The molecule has 0 radical (unpaired) electrons. The minimum atomic E-state index is 0.790. The van der Waals surface area contributed by atoms with Crippen LogP contribution in [0.25, 0.3) is 43.5 Å². The zero-order valence-electron chi connectivity index (χ0n) is 13.4. The Bertz CT molecular complexity index is 1190. The zero-order valence-corrected chi connectivity index (χ0v) is 14.2. The van der Waals surface area contributed by atoms with Crippen LogP contribution in [0.5, 0.6) is 0 Å². The molecule has 5 aromatic rings. The van der Waals surface area contributed by atoms with Crippen molar-refractivity contribution in [3.63, 3.8) is 0 Å². The molecule has 1 heterocycles. The smallest absolute Gasteiger partial charge is 0.173 e. The fourth-order valence-electron chi connectivity index (χ4n) is 3.27. The minimum Gasteiger partial charge on any atom is -0.215 e. The number of fused-ring (bicyclic) bond motifs is 3. The molecule has 0 bridgehead atoms. The van der Waals surface area contributed by atoms with Crippen molar-refractivity contribution in [1.82, 2.24) is 9.36 Å². The highest BCUT2D eigenvalue weighted by Crippen LogP contribution is 2.36. The Morgan fingerprint density at radius 1 is 0.640 bits per heavy atom. The van der Waals surface area contributed by atoms with Gasteiger partial charge in [-0.05, 0) is 39.1 Å². The standard InChI is InChI=1S/C22H14N2S/c1-2-8-15(9-3-1)21-23-22(25-24-21)20-14-16-10-4-5-11-17(16)18-12-6-7-13-19(18)20/h1-14H. The highest BCUT2D eigenvalue weighted by molar-refractivity contribution is 7.09. The molecule has 118 valence electrons. The van der Waals surface area contributed by atoms with Crippen LogP contribution in [0.1, 0.15) is 0 Å². The summed E-state index contributed by atoms with van der Waals surface area (Å²) < 4.78 is 4.58. The summed E-state index contributed by atoms with van der Waals surface area (Å²) in [7, 11) is 0. The number of hydrogen-bond donors (Lipinski definition) is 0. The molecule has 4 aromatic carbocycles. The Morgan fingerprint density at radius 2 is 1.32 bits per heavy atom. The van der Waals surface area contributed by atoms with E-state index in [-0.39, 0.29) is 0 Å². The van der Waals surface area contributed by atoms with Gasteiger partial charge in [-0.25, -0.2) is 4.98 Å². The molecular formula is C22H14N2S. The third-order valence-corrected chi connectivity index (χ3v) is 5.20. The van der Waals surface area contributed by atoms with E-state index in [9.17, 15) is 0 Å². The van der Waals surface area contributed by atoms with E-state index in [1.54, 1.807) is 0 Å². The maximum Gasteiger partial charge on any atom is 0.173 e. The Morgan fingerprint density at radius 3 is 2.16 bits per heavy atom. The zero-order chi connectivity index (χ0) is 16.6. The molecule has 25 heavy (non-hydrogen) atoms. The number of benzene rings is 4. The molecule has 0 aliphatic carbocycles. The molecule has 0 saturated heterocycles. The number of aromatic nitrogens is 2. The number of nitrogens with zero attached hydrogens (tertiary/aromatic N) is 2. The predicted octanol–water partition coefficient (Wildman–Crippen LogP) is 6.18. The van der Waals surface area contributed by atoms with Crippen LogP contribution in [-0.2, 0) is 0 Å². The van der Waals surface area contributed by atoms with Gasteiger partial charge < -0.3 is 0 Å². The maximum absolute atomic E-state index is 4.82. The van der Waals surface area contributed by atoms with Gasteiger partial charge in [0.2, 0.25) is 0 Å². The van der Waals surface area contributed by atoms with Crippen LogP contribution >= 0.6 is 11.5 Å². The highest BCUT2D eigenvalue weighted by Gasteiger charge is 2.13. The van der Waals surface area contributed by atoms with Crippen LogP contribution in [0.4, 0.5) is 0 Å². The second-order valence-electron chi connectivity index (χ2n) is 5.98. The minimum absolute atomic E-state index is 0.790. The van der Waals surface area contributed by atoms with Crippen LogP contribution in [-0.4, -0.2) is 9.36 Å². The molecule has 2 nitrogen and oxygen atoms in total. The summed E-state index contributed by atoms with van der Waals surface area (Å²) >= 11 is 1.46. The van der Waals surface area contributed by atoms with Gasteiger partial charge in [0.25, 0.3) is 0 Å². The summed E-state index contributed by atoms with van der Waals surface area (Å²) in [5.74, 6) is 0.790. The van der Waals surface area contributed by atoms with Crippen LogP contribution in [0.3, 0.4) is 0 Å². The van der Waals surface area contributed by atoms with Crippen molar-refractivity contribution in [1.29, 1.82) is 0 Å². The van der Waals surface area contributed by atoms with Gasteiger partial charge >= 0.3 is 0 Å².